The standard InChI is InChI=1S/C17H19Cl2NO/c1-3-8-20-11-13-5-6-14(10-15(13)18)21-17-7-4-12(2)9-16(17)19/h4-7,9-10,20H,3,8,11H2,1-2H3. The quantitative estimate of drug-likeness (QED) is 0.699. The summed E-state index contributed by atoms with van der Waals surface area (Å²) in [6.07, 6.45) is 1.10. The highest BCUT2D eigenvalue weighted by Gasteiger charge is 2.06. The van der Waals surface area contributed by atoms with Crippen molar-refractivity contribution in [3.05, 3.63) is 57.6 Å². The number of nitrogens with one attached hydrogen (secondary N) is 1. The summed E-state index contributed by atoms with van der Waals surface area (Å²) < 4.78 is 5.79. The maximum Gasteiger partial charge on any atom is 0.146 e. The number of hydrogen-bond donors (Lipinski definition) is 1. The zero-order valence-corrected chi connectivity index (χ0v) is 13.8. The van der Waals surface area contributed by atoms with Crippen LogP contribution in [0.25, 0.3) is 0 Å². The smallest absolute Gasteiger partial charge is 0.146 e. The molecule has 0 saturated carbocycles. The van der Waals surface area contributed by atoms with E-state index >= 15 is 0 Å². The summed E-state index contributed by atoms with van der Waals surface area (Å²) in [5, 5.41) is 4.62. The Labute approximate surface area is 136 Å². The van der Waals surface area contributed by atoms with Gasteiger partial charge in [-0.15, -0.1) is 0 Å². The summed E-state index contributed by atoms with van der Waals surface area (Å²) >= 11 is 12.5. The number of rotatable bonds is 6. The molecule has 2 aromatic rings. The zero-order valence-electron chi connectivity index (χ0n) is 12.2. The van der Waals surface area contributed by atoms with E-state index in [2.05, 4.69) is 12.2 Å². The highest BCUT2D eigenvalue weighted by Crippen LogP contribution is 2.32. The molecule has 2 nitrogen and oxygen atoms in total. The van der Waals surface area contributed by atoms with Crippen molar-refractivity contribution in [3.8, 4) is 11.5 Å². The minimum Gasteiger partial charge on any atom is -0.456 e. The molecule has 0 heterocycles. The predicted octanol–water partition coefficient (Wildman–Crippen LogP) is 5.59. The summed E-state index contributed by atoms with van der Waals surface area (Å²) in [6.45, 7) is 5.87. The lowest BCUT2D eigenvalue weighted by molar-refractivity contribution is 0.482. The Morgan fingerprint density at radius 3 is 2.52 bits per heavy atom. The van der Waals surface area contributed by atoms with Crippen LogP contribution in [0, 0.1) is 6.92 Å². The monoisotopic (exact) mass is 323 g/mol. The largest absolute Gasteiger partial charge is 0.456 e. The highest BCUT2D eigenvalue weighted by atomic mass is 35.5. The van der Waals surface area contributed by atoms with Crippen LogP contribution < -0.4 is 10.1 Å². The van der Waals surface area contributed by atoms with Crippen molar-refractivity contribution >= 4 is 23.2 Å². The van der Waals surface area contributed by atoms with E-state index in [9.17, 15) is 0 Å². The van der Waals surface area contributed by atoms with E-state index in [0.29, 0.717) is 21.5 Å². The van der Waals surface area contributed by atoms with E-state index in [-0.39, 0.29) is 0 Å². The maximum atomic E-state index is 6.29. The average molecular weight is 324 g/mol. The first-order chi connectivity index (χ1) is 10.1. The molecule has 0 fully saturated rings. The van der Waals surface area contributed by atoms with Crippen molar-refractivity contribution < 1.29 is 4.74 Å². The van der Waals surface area contributed by atoms with Gasteiger partial charge in [-0.3, -0.25) is 0 Å². The van der Waals surface area contributed by atoms with Crippen LogP contribution in [-0.2, 0) is 6.54 Å². The molecule has 21 heavy (non-hydrogen) atoms. The van der Waals surface area contributed by atoms with E-state index < -0.39 is 0 Å². The van der Waals surface area contributed by atoms with Crippen molar-refractivity contribution in [1.29, 1.82) is 0 Å². The second kappa shape index (κ2) is 7.69. The number of benzene rings is 2. The minimum absolute atomic E-state index is 0.597. The molecule has 0 unspecified atom stereocenters. The zero-order chi connectivity index (χ0) is 15.2. The molecule has 0 atom stereocenters. The van der Waals surface area contributed by atoms with Crippen molar-refractivity contribution in [2.24, 2.45) is 0 Å². The van der Waals surface area contributed by atoms with Gasteiger partial charge < -0.3 is 10.1 Å². The van der Waals surface area contributed by atoms with Crippen LogP contribution in [0.1, 0.15) is 24.5 Å². The van der Waals surface area contributed by atoms with Gasteiger partial charge in [-0.05, 0) is 55.3 Å². The molecule has 0 aliphatic carbocycles. The van der Waals surface area contributed by atoms with Gasteiger partial charge in [0, 0.05) is 11.6 Å². The summed E-state index contributed by atoms with van der Waals surface area (Å²) in [5.41, 5.74) is 2.16. The first-order valence-corrected chi connectivity index (χ1v) is 7.79. The first kappa shape index (κ1) is 16.2. The summed E-state index contributed by atoms with van der Waals surface area (Å²) in [5.74, 6) is 1.32. The van der Waals surface area contributed by atoms with Crippen LogP contribution in [0.2, 0.25) is 10.0 Å². The van der Waals surface area contributed by atoms with Crippen LogP contribution in [0.15, 0.2) is 36.4 Å². The first-order valence-electron chi connectivity index (χ1n) is 7.03. The number of aryl methyl sites for hydroxylation is 1. The maximum absolute atomic E-state index is 6.29. The normalized spacial score (nSPS) is 10.7. The van der Waals surface area contributed by atoms with Gasteiger partial charge in [0.05, 0.1) is 5.02 Å². The Balaban J connectivity index is 2.09. The SMILES string of the molecule is CCCNCc1ccc(Oc2ccc(C)cc2Cl)cc1Cl. The molecule has 0 radical (unpaired) electrons. The fourth-order valence-electron chi connectivity index (χ4n) is 1.95. The van der Waals surface area contributed by atoms with Crippen molar-refractivity contribution in [2.75, 3.05) is 6.54 Å². The van der Waals surface area contributed by atoms with E-state index in [1.54, 1.807) is 0 Å². The molecular formula is C17H19Cl2NO. The molecule has 0 spiro atoms. The molecule has 0 bridgehead atoms. The number of hydrogen-bond acceptors (Lipinski definition) is 2. The Morgan fingerprint density at radius 2 is 1.86 bits per heavy atom. The van der Waals surface area contributed by atoms with Crippen molar-refractivity contribution in [2.45, 2.75) is 26.8 Å². The molecule has 0 aliphatic heterocycles. The Bertz CT molecular complexity index is 614. The van der Waals surface area contributed by atoms with E-state index in [1.165, 1.54) is 0 Å². The molecule has 4 heteroatoms. The third-order valence-corrected chi connectivity index (χ3v) is 3.73. The van der Waals surface area contributed by atoms with Gasteiger partial charge in [0.15, 0.2) is 0 Å². The number of halogens is 2. The van der Waals surface area contributed by atoms with Crippen molar-refractivity contribution in [3.63, 3.8) is 0 Å². The molecular weight excluding hydrogens is 305 g/mol. The average Bonchev–Trinajstić information content (AvgIpc) is 2.44. The molecule has 1 N–H and O–H groups in total. The second-order valence-corrected chi connectivity index (χ2v) is 5.78. The van der Waals surface area contributed by atoms with E-state index in [1.807, 2.05) is 43.3 Å². The van der Waals surface area contributed by atoms with Gasteiger partial charge in [0.25, 0.3) is 0 Å². The molecule has 0 saturated heterocycles. The lowest BCUT2D eigenvalue weighted by Crippen LogP contribution is -2.13. The van der Waals surface area contributed by atoms with Crippen molar-refractivity contribution in [1.82, 2.24) is 5.32 Å². The molecule has 2 rings (SSSR count). The van der Waals surface area contributed by atoms with Crippen LogP contribution >= 0.6 is 23.2 Å². The van der Waals surface area contributed by atoms with E-state index in [0.717, 1.165) is 30.6 Å². The third kappa shape index (κ3) is 4.63. The van der Waals surface area contributed by atoms with Gasteiger partial charge in [-0.2, -0.15) is 0 Å². The fraction of sp³-hybridized carbons (Fsp3) is 0.294. The van der Waals surface area contributed by atoms with Crippen LogP contribution in [-0.4, -0.2) is 6.54 Å². The molecule has 0 aliphatic rings. The van der Waals surface area contributed by atoms with Crippen LogP contribution in [0.3, 0.4) is 0 Å². The Kier molecular flexibility index (Phi) is 5.92. The predicted molar refractivity (Wildman–Crippen MR) is 89.7 cm³/mol. The summed E-state index contributed by atoms with van der Waals surface area (Å²) in [7, 11) is 0. The fourth-order valence-corrected chi connectivity index (χ4v) is 2.46. The minimum atomic E-state index is 0.597. The molecule has 0 aromatic heterocycles. The van der Waals surface area contributed by atoms with Gasteiger partial charge in [0.2, 0.25) is 0 Å². The summed E-state index contributed by atoms with van der Waals surface area (Å²) in [6, 6.07) is 11.4. The second-order valence-electron chi connectivity index (χ2n) is 4.97. The Hall–Kier alpha value is -1.22. The molecule has 112 valence electrons. The van der Waals surface area contributed by atoms with E-state index in [4.69, 9.17) is 27.9 Å². The lowest BCUT2D eigenvalue weighted by Gasteiger charge is -2.11. The van der Waals surface area contributed by atoms with Crippen LogP contribution in [0.5, 0.6) is 11.5 Å². The van der Waals surface area contributed by atoms with Gasteiger partial charge in [0.1, 0.15) is 11.5 Å². The Morgan fingerprint density at radius 1 is 1.05 bits per heavy atom. The van der Waals surface area contributed by atoms with Gasteiger partial charge in [-0.1, -0.05) is 42.3 Å². The lowest BCUT2D eigenvalue weighted by atomic mass is 10.2. The summed E-state index contributed by atoms with van der Waals surface area (Å²) in [4.78, 5) is 0. The topological polar surface area (TPSA) is 21.3 Å². The highest BCUT2D eigenvalue weighted by molar-refractivity contribution is 6.32. The molecule has 0 amide bonds. The van der Waals surface area contributed by atoms with Gasteiger partial charge in [-0.25, -0.2) is 0 Å². The van der Waals surface area contributed by atoms with Crippen LogP contribution in [0.4, 0.5) is 0 Å². The third-order valence-electron chi connectivity index (χ3n) is 3.08. The molecule has 2 aromatic carbocycles. The number of ether oxygens (including phenoxy) is 1. The van der Waals surface area contributed by atoms with Gasteiger partial charge >= 0.3 is 0 Å².